The summed E-state index contributed by atoms with van der Waals surface area (Å²) in [5, 5.41) is 4.95. The van der Waals surface area contributed by atoms with Crippen LogP contribution in [0, 0.1) is 0 Å². The number of aromatic nitrogens is 2. The third-order valence-electron chi connectivity index (χ3n) is 3.90. The van der Waals surface area contributed by atoms with Crippen LogP contribution >= 0.6 is 12.4 Å². The topological polar surface area (TPSA) is 40.7 Å². The first kappa shape index (κ1) is 13.2. The van der Waals surface area contributed by atoms with E-state index in [9.17, 15) is 0 Å². The maximum Gasteiger partial charge on any atom is 0.0733 e. The van der Waals surface area contributed by atoms with Gasteiger partial charge in [0.15, 0.2) is 0 Å². The van der Waals surface area contributed by atoms with Gasteiger partial charge in [0.1, 0.15) is 0 Å². The fourth-order valence-corrected chi connectivity index (χ4v) is 3.02. The molecule has 3 heterocycles. The highest BCUT2D eigenvalue weighted by Crippen LogP contribution is 2.32. The zero-order valence-electron chi connectivity index (χ0n) is 11.0. The van der Waals surface area contributed by atoms with Crippen molar-refractivity contribution in [2.75, 3.05) is 6.54 Å². The predicted molar refractivity (Wildman–Crippen MR) is 83.3 cm³/mol. The van der Waals surface area contributed by atoms with E-state index in [4.69, 9.17) is 0 Å². The SMILES string of the molecule is Cl.c1ccc2c3c([nH]c2c1)C(c1ccncc1)NCC3. The Kier molecular flexibility index (Phi) is 3.47. The summed E-state index contributed by atoms with van der Waals surface area (Å²) in [6.07, 6.45) is 4.79. The van der Waals surface area contributed by atoms with E-state index < -0.39 is 0 Å². The Morgan fingerprint density at radius 1 is 1.05 bits per heavy atom. The molecule has 0 saturated carbocycles. The maximum atomic E-state index is 4.10. The molecule has 0 spiro atoms. The van der Waals surface area contributed by atoms with E-state index in [2.05, 4.69) is 51.7 Å². The molecule has 0 radical (unpaired) electrons. The van der Waals surface area contributed by atoms with Crippen LogP contribution in [0.3, 0.4) is 0 Å². The Morgan fingerprint density at radius 2 is 1.85 bits per heavy atom. The molecule has 20 heavy (non-hydrogen) atoms. The van der Waals surface area contributed by atoms with Gasteiger partial charge < -0.3 is 10.3 Å². The van der Waals surface area contributed by atoms with Crippen molar-refractivity contribution in [2.24, 2.45) is 0 Å². The highest BCUT2D eigenvalue weighted by atomic mass is 35.5. The van der Waals surface area contributed by atoms with Gasteiger partial charge in [-0.1, -0.05) is 18.2 Å². The van der Waals surface area contributed by atoms with E-state index in [-0.39, 0.29) is 18.4 Å². The minimum atomic E-state index is 0. The van der Waals surface area contributed by atoms with Crippen LogP contribution in [-0.2, 0) is 6.42 Å². The number of rotatable bonds is 1. The minimum Gasteiger partial charge on any atom is -0.357 e. The van der Waals surface area contributed by atoms with Crippen molar-refractivity contribution >= 4 is 23.3 Å². The molecule has 2 aromatic heterocycles. The molecular formula is C16H16ClN3. The second-order valence-electron chi connectivity index (χ2n) is 4.98. The lowest BCUT2D eigenvalue weighted by Gasteiger charge is -2.24. The number of hydrogen-bond acceptors (Lipinski definition) is 2. The van der Waals surface area contributed by atoms with Gasteiger partial charge in [-0.2, -0.15) is 0 Å². The van der Waals surface area contributed by atoms with Crippen LogP contribution < -0.4 is 5.32 Å². The Hall–Kier alpha value is -1.84. The number of aromatic amines is 1. The number of H-pyrrole nitrogens is 1. The third-order valence-corrected chi connectivity index (χ3v) is 3.90. The number of benzene rings is 1. The molecule has 3 aromatic rings. The number of nitrogens with zero attached hydrogens (tertiary/aromatic N) is 1. The Labute approximate surface area is 123 Å². The number of pyridine rings is 1. The number of nitrogens with one attached hydrogen (secondary N) is 2. The van der Waals surface area contributed by atoms with Crippen LogP contribution in [0.15, 0.2) is 48.8 Å². The van der Waals surface area contributed by atoms with Gasteiger partial charge in [-0.3, -0.25) is 4.98 Å². The van der Waals surface area contributed by atoms with Crippen LogP contribution in [0.1, 0.15) is 22.9 Å². The molecule has 2 N–H and O–H groups in total. The molecule has 0 amide bonds. The quantitative estimate of drug-likeness (QED) is 0.721. The molecule has 1 aliphatic rings. The molecule has 102 valence electrons. The monoisotopic (exact) mass is 285 g/mol. The molecule has 0 bridgehead atoms. The number of fused-ring (bicyclic) bond motifs is 3. The van der Waals surface area contributed by atoms with Crippen molar-refractivity contribution in [3.05, 3.63) is 65.6 Å². The summed E-state index contributed by atoms with van der Waals surface area (Å²) in [6.45, 7) is 1.02. The molecule has 3 nitrogen and oxygen atoms in total. The average Bonchev–Trinajstić information content (AvgIpc) is 2.87. The van der Waals surface area contributed by atoms with Crippen molar-refractivity contribution in [3.63, 3.8) is 0 Å². The number of hydrogen-bond donors (Lipinski definition) is 2. The molecule has 1 aliphatic heterocycles. The first-order valence-corrected chi connectivity index (χ1v) is 6.66. The largest absolute Gasteiger partial charge is 0.357 e. The van der Waals surface area contributed by atoms with Crippen molar-refractivity contribution < 1.29 is 0 Å². The summed E-state index contributed by atoms with van der Waals surface area (Å²) >= 11 is 0. The first-order chi connectivity index (χ1) is 9.43. The molecule has 4 heteroatoms. The average molecular weight is 286 g/mol. The summed E-state index contributed by atoms with van der Waals surface area (Å²) in [7, 11) is 0. The zero-order valence-corrected chi connectivity index (χ0v) is 11.8. The van der Waals surface area contributed by atoms with Crippen LogP contribution in [-0.4, -0.2) is 16.5 Å². The normalized spacial score (nSPS) is 17.5. The third kappa shape index (κ3) is 1.99. The molecule has 0 aliphatic carbocycles. The second kappa shape index (κ2) is 5.27. The highest BCUT2D eigenvalue weighted by Gasteiger charge is 2.24. The number of halogens is 1. The van der Waals surface area contributed by atoms with Crippen LogP contribution in [0.2, 0.25) is 0 Å². The summed E-state index contributed by atoms with van der Waals surface area (Å²) in [5.74, 6) is 0. The molecule has 0 saturated heterocycles. The lowest BCUT2D eigenvalue weighted by molar-refractivity contribution is 0.560. The summed E-state index contributed by atoms with van der Waals surface area (Å²) in [4.78, 5) is 7.68. The fourth-order valence-electron chi connectivity index (χ4n) is 3.02. The first-order valence-electron chi connectivity index (χ1n) is 6.66. The van der Waals surface area contributed by atoms with E-state index in [1.165, 1.54) is 27.7 Å². The van der Waals surface area contributed by atoms with Gasteiger partial charge in [0, 0.05) is 35.5 Å². The summed E-state index contributed by atoms with van der Waals surface area (Å²) in [6, 6.07) is 13.0. The highest BCUT2D eigenvalue weighted by molar-refractivity contribution is 5.85. The van der Waals surface area contributed by atoms with E-state index in [1.807, 2.05) is 12.4 Å². The van der Waals surface area contributed by atoms with Gasteiger partial charge in [0.25, 0.3) is 0 Å². The fraction of sp³-hybridized carbons (Fsp3) is 0.188. The Morgan fingerprint density at radius 3 is 2.70 bits per heavy atom. The Bertz CT molecular complexity index is 721. The van der Waals surface area contributed by atoms with E-state index in [0.29, 0.717) is 0 Å². The van der Waals surface area contributed by atoms with Crippen molar-refractivity contribution in [3.8, 4) is 0 Å². The Balaban J connectivity index is 0.00000121. The van der Waals surface area contributed by atoms with E-state index >= 15 is 0 Å². The van der Waals surface area contributed by atoms with Gasteiger partial charge in [-0.15, -0.1) is 12.4 Å². The van der Waals surface area contributed by atoms with Gasteiger partial charge in [0.05, 0.1) is 6.04 Å². The van der Waals surface area contributed by atoms with Gasteiger partial charge in [-0.05, 0) is 35.7 Å². The summed E-state index contributed by atoms with van der Waals surface area (Å²) < 4.78 is 0. The van der Waals surface area contributed by atoms with E-state index in [1.54, 1.807) is 0 Å². The van der Waals surface area contributed by atoms with Crippen molar-refractivity contribution in [1.82, 2.24) is 15.3 Å². The van der Waals surface area contributed by atoms with Crippen molar-refractivity contribution in [1.29, 1.82) is 0 Å². The van der Waals surface area contributed by atoms with Gasteiger partial charge >= 0.3 is 0 Å². The van der Waals surface area contributed by atoms with E-state index in [0.717, 1.165) is 13.0 Å². The minimum absolute atomic E-state index is 0. The molecular weight excluding hydrogens is 270 g/mol. The predicted octanol–water partition coefficient (Wildman–Crippen LogP) is 3.22. The molecule has 0 fully saturated rings. The van der Waals surface area contributed by atoms with Gasteiger partial charge in [-0.25, -0.2) is 0 Å². The lowest BCUT2D eigenvalue weighted by atomic mass is 9.95. The molecule has 1 unspecified atom stereocenters. The molecule has 1 atom stereocenters. The zero-order chi connectivity index (χ0) is 12.7. The molecule has 4 rings (SSSR count). The van der Waals surface area contributed by atoms with Crippen molar-refractivity contribution in [2.45, 2.75) is 12.5 Å². The standard InChI is InChI=1S/C16H15N3.ClH/c1-2-4-14-12(3-1)13-7-10-18-15(16(13)19-14)11-5-8-17-9-6-11;/h1-6,8-9,15,18-19H,7,10H2;1H. The smallest absolute Gasteiger partial charge is 0.0733 e. The summed E-state index contributed by atoms with van der Waals surface area (Å²) in [5.41, 5.74) is 5.26. The second-order valence-corrected chi connectivity index (χ2v) is 4.98. The molecule has 1 aromatic carbocycles. The van der Waals surface area contributed by atoms with Gasteiger partial charge in [0.2, 0.25) is 0 Å². The maximum absolute atomic E-state index is 4.10. The lowest BCUT2D eigenvalue weighted by Crippen LogP contribution is -2.30. The van der Waals surface area contributed by atoms with Crippen LogP contribution in [0.25, 0.3) is 10.9 Å². The number of para-hydroxylation sites is 1. The van der Waals surface area contributed by atoms with Crippen LogP contribution in [0.4, 0.5) is 0 Å². The van der Waals surface area contributed by atoms with Crippen LogP contribution in [0.5, 0.6) is 0 Å².